The predicted molar refractivity (Wildman–Crippen MR) is 93.7 cm³/mol. The van der Waals surface area contributed by atoms with Crippen molar-refractivity contribution in [3.8, 4) is 0 Å². The highest BCUT2D eigenvalue weighted by Gasteiger charge is 2.09. The number of rotatable bonds is 7. The van der Waals surface area contributed by atoms with Gasteiger partial charge in [0, 0.05) is 29.6 Å². The van der Waals surface area contributed by atoms with Crippen molar-refractivity contribution in [3.05, 3.63) is 53.5 Å². The Labute approximate surface area is 141 Å². The lowest BCUT2D eigenvalue weighted by Crippen LogP contribution is -2.22. The number of aryl methyl sites for hydroxylation is 1. The smallest absolute Gasteiger partial charge is 0.220 e. The molecule has 126 valence electrons. The molecular weight excluding hydrogens is 302 g/mol. The monoisotopic (exact) mass is 325 g/mol. The molecule has 0 aliphatic heterocycles. The molecule has 2 aromatic heterocycles. The summed E-state index contributed by atoms with van der Waals surface area (Å²) < 4.78 is 5.22. The summed E-state index contributed by atoms with van der Waals surface area (Å²) in [5, 5.41) is 8.11. The first-order chi connectivity index (χ1) is 11.6. The van der Waals surface area contributed by atoms with Crippen molar-refractivity contribution < 1.29 is 9.32 Å². The molecule has 1 amide bonds. The number of amides is 1. The Bertz CT molecular complexity index is 817. The highest BCUT2D eigenvalue weighted by Crippen LogP contribution is 2.19. The summed E-state index contributed by atoms with van der Waals surface area (Å²) in [6.45, 7) is 4.52. The van der Waals surface area contributed by atoms with E-state index in [0.29, 0.717) is 24.6 Å². The van der Waals surface area contributed by atoms with Gasteiger partial charge in [-0.2, -0.15) is 0 Å². The Morgan fingerprint density at radius 2 is 2.17 bits per heavy atom. The Morgan fingerprint density at radius 3 is 2.96 bits per heavy atom. The number of hydrogen-bond acceptors (Lipinski definition) is 3. The first kappa shape index (κ1) is 16.3. The summed E-state index contributed by atoms with van der Waals surface area (Å²) in [6.07, 6.45) is 4.24. The number of carbonyl (C=O) groups is 1. The van der Waals surface area contributed by atoms with Crippen molar-refractivity contribution in [2.24, 2.45) is 0 Å². The second-order valence-corrected chi connectivity index (χ2v) is 6.36. The number of nitrogens with one attached hydrogen (secondary N) is 2. The van der Waals surface area contributed by atoms with Gasteiger partial charge in [0.15, 0.2) is 5.76 Å². The summed E-state index contributed by atoms with van der Waals surface area (Å²) in [4.78, 5) is 15.2. The first-order valence-corrected chi connectivity index (χ1v) is 8.40. The number of fused-ring (bicyclic) bond motifs is 1. The number of H-pyrrole nitrogens is 1. The van der Waals surface area contributed by atoms with Crippen molar-refractivity contribution in [3.63, 3.8) is 0 Å². The van der Waals surface area contributed by atoms with Gasteiger partial charge < -0.3 is 14.8 Å². The molecular formula is C19H23N3O2. The van der Waals surface area contributed by atoms with E-state index in [4.69, 9.17) is 4.52 Å². The lowest BCUT2D eigenvalue weighted by atomic mass is 10.1. The summed E-state index contributed by atoms with van der Waals surface area (Å²) in [7, 11) is 0. The van der Waals surface area contributed by atoms with Crippen LogP contribution in [0.25, 0.3) is 10.9 Å². The average molecular weight is 325 g/mol. The van der Waals surface area contributed by atoms with Crippen LogP contribution in [0.4, 0.5) is 0 Å². The normalized spacial score (nSPS) is 11.3. The minimum absolute atomic E-state index is 0.0392. The quantitative estimate of drug-likeness (QED) is 0.691. The van der Waals surface area contributed by atoms with Gasteiger partial charge in [-0.25, -0.2) is 0 Å². The fourth-order valence-corrected chi connectivity index (χ4v) is 2.74. The van der Waals surface area contributed by atoms with Crippen molar-refractivity contribution >= 4 is 16.8 Å². The van der Waals surface area contributed by atoms with Crippen LogP contribution in [0.2, 0.25) is 0 Å². The Morgan fingerprint density at radius 1 is 1.33 bits per heavy atom. The molecule has 0 saturated heterocycles. The number of aromatic nitrogens is 2. The third-order valence-electron chi connectivity index (χ3n) is 4.15. The molecule has 5 nitrogen and oxygen atoms in total. The molecule has 3 aromatic rings. The van der Waals surface area contributed by atoms with E-state index in [1.807, 2.05) is 24.4 Å². The molecule has 2 heterocycles. The summed E-state index contributed by atoms with van der Waals surface area (Å²) in [5.41, 5.74) is 3.32. The molecule has 0 aliphatic carbocycles. The Hall–Kier alpha value is -2.56. The van der Waals surface area contributed by atoms with Gasteiger partial charge in [0.1, 0.15) is 0 Å². The second kappa shape index (κ2) is 7.34. The summed E-state index contributed by atoms with van der Waals surface area (Å²) in [5.74, 6) is 1.07. The van der Waals surface area contributed by atoms with E-state index in [1.165, 1.54) is 10.9 Å². The molecule has 1 aromatic carbocycles. The van der Waals surface area contributed by atoms with Gasteiger partial charge in [0.05, 0.1) is 12.2 Å². The lowest BCUT2D eigenvalue weighted by Gasteiger charge is -2.03. The third kappa shape index (κ3) is 3.85. The second-order valence-electron chi connectivity index (χ2n) is 6.36. The van der Waals surface area contributed by atoms with Crippen LogP contribution in [0.1, 0.15) is 49.6 Å². The van der Waals surface area contributed by atoms with E-state index in [-0.39, 0.29) is 5.91 Å². The SMILES string of the molecule is CC(C)c1cc(CNC(=O)CCCc2c[nH]c3ccccc23)on1. The van der Waals surface area contributed by atoms with Crippen LogP contribution in [0.5, 0.6) is 0 Å². The highest BCUT2D eigenvalue weighted by molar-refractivity contribution is 5.83. The summed E-state index contributed by atoms with van der Waals surface area (Å²) in [6, 6.07) is 10.1. The average Bonchev–Trinajstić information content (AvgIpc) is 3.20. The van der Waals surface area contributed by atoms with Gasteiger partial charge in [-0.05, 0) is 30.4 Å². The largest absolute Gasteiger partial charge is 0.361 e. The number of aromatic amines is 1. The number of nitrogens with zero attached hydrogens (tertiary/aromatic N) is 1. The minimum Gasteiger partial charge on any atom is -0.361 e. The fourth-order valence-electron chi connectivity index (χ4n) is 2.74. The number of hydrogen-bond donors (Lipinski definition) is 2. The van der Waals surface area contributed by atoms with Crippen molar-refractivity contribution in [2.45, 2.75) is 45.6 Å². The Kier molecular flexibility index (Phi) is 4.99. The van der Waals surface area contributed by atoms with E-state index in [2.05, 4.69) is 41.4 Å². The third-order valence-corrected chi connectivity index (χ3v) is 4.15. The first-order valence-electron chi connectivity index (χ1n) is 8.40. The van der Waals surface area contributed by atoms with Gasteiger partial charge in [-0.3, -0.25) is 4.79 Å². The fraction of sp³-hybridized carbons (Fsp3) is 0.368. The zero-order valence-corrected chi connectivity index (χ0v) is 14.1. The lowest BCUT2D eigenvalue weighted by molar-refractivity contribution is -0.121. The van der Waals surface area contributed by atoms with E-state index < -0.39 is 0 Å². The molecule has 0 spiro atoms. The maximum atomic E-state index is 12.0. The molecule has 2 N–H and O–H groups in total. The van der Waals surface area contributed by atoms with Gasteiger partial charge in [0.25, 0.3) is 0 Å². The van der Waals surface area contributed by atoms with E-state index in [1.54, 1.807) is 0 Å². The minimum atomic E-state index is 0.0392. The van der Waals surface area contributed by atoms with E-state index >= 15 is 0 Å². The molecule has 5 heteroatoms. The molecule has 0 saturated carbocycles. The van der Waals surface area contributed by atoms with E-state index in [9.17, 15) is 4.79 Å². The number of para-hydroxylation sites is 1. The van der Waals surface area contributed by atoms with Gasteiger partial charge >= 0.3 is 0 Å². The zero-order chi connectivity index (χ0) is 16.9. The summed E-state index contributed by atoms with van der Waals surface area (Å²) >= 11 is 0. The molecule has 0 atom stereocenters. The molecule has 24 heavy (non-hydrogen) atoms. The van der Waals surface area contributed by atoms with Crippen LogP contribution < -0.4 is 5.32 Å². The molecule has 0 bridgehead atoms. The predicted octanol–water partition coefficient (Wildman–Crippen LogP) is 3.92. The number of carbonyl (C=O) groups excluding carboxylic acids is 1. The van der Waals surface area contributed by atoms with Crippen LogP contribution in [-0.4, -0.2) is 16.0 Å². The van der Waals surface area contributed by atoms with Crippen LogP contribution in [0.15, 0.2) is 41.1 Å². The molecule has 0 aliphatic rings. The molecule has 0 radical (unpaired) electrons. The van der Waals surface area contributed by atoms with Crippen LogP contribution >= 0.6 is 0 Å². The molecule has 0 fully saturated rings. The van der Waals surface area contributed by atoms with Gasteiger partial charge in [-0.1, -0.05) is 37.2 Å². The van der Waals surface area contributed by atoms with Crippen molar-refractivity contribution in [2.75, 3.05) is 0 Å². The maximum absolute atomic E-state index is 12.0. The molecule has 0 unspecified atom stereocenters. The Balaban J connectivity index is 1.44. The van der Waals surface area contributed by atoms with Gasteiger partial charge in [-0.15, -0.1) is 0 Å². The van der Waals surface area contributed by atoms with E-state index in [0.717, 1.165) is 24.1 Å². The van der Waals surface area contributed by atoms with Crippen LogP contribution in [0.3, 0.4) is 0 Å². The van der Waals surface area contributed by atoms with Crippen molar-refractivity contribution in [1.82, 2.24) is 15.5 Å². The zero-order valence-electron chi connectivity index (χ0n) is 14.1. The van der Waals surface area contributed by atoms with Crippen molar-refractivity contribution in [1.29, 1.82) is 0 Å². The maximum Gasteiger partial charge on any atom is 0.220 e. The standard InChI is InChI=1S/C19H23N3O2/c1-13(2)18-10-15(24-22-18)12-21-19(23)9-5-6-14-11-20-17-8-4-3-7-16(14)17/h3-4,7-8,10-11,13,20H,5-6,9,12H2,1-2H3,(H,21,23). The number of benzene rings is 1. The van der Waals surface area contributed by atoms with Crippen LogP contribution in [0, 0.1) is 0 Å². The topological polar surface area (TPSA) is 70.9 Å². The van der Waals surface area contributed by atoms with Crippen LogP contribution in [-0.2, 0) is 17.8 Å². The van der Waals surface area contributed by atoms with Gasteiger partial charge in [0.2, 0.25) is 5.91 Å². The molecule has 3 rings (SSSR count). The highest BCUT2D eigenvalue weighted by atomic mass is 16.5.